The van der Waals surface area contributed by atoms with Crippen LogP contribution >= 0.6 is 0 Å². The number of benzene rings is 1. The molecular weight excluding hydrogens is 246 g/mol. The number of amides is 1. The molecule has 1 heterocycles. The maximum absolute atomic E-state index is 11.2. The molecule has 1 aromatic carbocycles. The lowest BCUT2D eigenvalue weighted by molar-refractivity contribution is 0.0922. The lowest BCUT2D eigenvalue weighted by Gasteiger charge is -2.03. The Hall–Kier alpha value is -2.78. The Morgan fingerprint density at radius 2 is 2.26 bits per heavy atom. The summed E-state index contributed by atoms with van der Waals surface area (Å²) >= 11 is 0. The van der Waals surface area contributed by atoms with Crippen molar-refractivity contribution in [2.24, 2.45) is 5.84 Å². The number of hydrogen-bond acceptors (Lipinski definition) is 5. The van der Waals surface area contributed by atoms with E-state index in [-0.39, 0.29) is 12.4 Å². The Morgan fingerprint density at radius 3 is 3.00 bits per heavy atom. The Morgan fingerprint density at radius 1 is 1.42 bits per heavy atom. The summed E-state index contributed by atoms with van der Waals surface area (Å²) in [6.07, 6.45) is 0. The van der Waals surface area contributed by atoms with Crippen molar-refractivity contribution in [3.63, 3.8) is 0 Å². The largest absolute Gasteiger partial charge is 0.486 e. The minimum Gasteiger partial charge on any atom is -0.486 e. The Balaban J connectivity index is 2.00. The number of furan rings is 1. The van der Waals surface area contributed by atoms with Gasteiger partial charge in [-0.1, -0.05) is 6.07 Å². The number of hydrazine groups is 1. The molecule has 1 aromatic heterocycles. The van der Waals surface area contributed by atoms with Gasteiger partial charge in [-0.25, -0.2) is 5.84 Å². The number of ether oxygens (including phenoxy) is 1. The van der Waals surface area contributed by atoms with Crippen LogP contribution in [0.25, 0.3) is 0 Å². The van der Waals surface area contributed by atoms with Gasteiger partial charge in [-0.15, -0.1) is 0 Å². The summed E-state index contributed by atoms with van der Waals surface area (Å²) in [6.45, 7) is 0.159. The van der Waals surface area contributed by atoms with E-state index < -0.39 is 5.91 Å². The van der Waals surface area contributed by atoms with Crippen molar-refractivity contribution < 1.29 is 13.9 Å². The molecule has 0 unspecified atom stereocenters. The van der Waals surface area contributed by atoms with Crippen LogP contribution in [0.1, 0.15) is 21.9 Å². The number of nitrogens with zero attached hydrogens (tertiary/aromatic N) is 1. The summed E-state index contributed by atoms with van der Waals surface area (Å²) in [5.74, 6) is 5.65. The highest BCUT2D eigenvalue weighted by Crippen LogP contribution is 2.15. The summed E-state index contributed by atoms with van der Waals surface area (Å²) in [4.78, 5) is 11.2. The fraction of sp³-hybridized carbons (Fsp3) is 0.0769. The highest BCUT2D eigenvalue weighted by atomic mass is 16.5. The van der Waals surface area contributed by atoms with E-state index >= 15 is 0 Å². The van der Waals surface area contributed by atoms with Crippen LogP contribution in [0.3, 0.4) is 0 Å². The molecule has 2 rings (SSSR count). The molecule has 0 saturated heterocycles. The molecular formula is C13H11N3O3. The normalized spacial score (nSPS) is 9.68. The third-order valence-corrected chi connectivity index (χ3v) is 2.36. The van der Waals surface area contributed by atoms with E-state index in [1.807, 2.05) is 11.5 Å². The van der Waals surface area contributed by atoms with Crippen molar-refractivity contribution in [3.05, 3.63) is 53.5 Å². The number of hydrogen-bond donors (Lipinski definition) is 2. The standard InChI is InChI=1S/C13H11N3O3/c14-7-9-2-1-3-10(6-9)18-8-11-4-5-12(19-11)13(17)16-15/h1-6H,8,15H2,(H,16,17). The predicted molar refractivity (Wildman–Crippen MR) is 65.9 cm³/mol. The van der Waals surface area contributed by atoms with Gasteiger partial charge in [-0.2, -0.15) is 5.26 Å². The van der Waals surface area contributed by atoms with Crippen LogP contribution in [0.2, 0.25) is 0 Å². The second-order valence-electron chi connectivity index (χ2n) is 3.67. The monoisotopic (exact) mass is 257 g/mol. The first-order chi connectivity index (χ1) is 9.22. The summed E-state index contributed by atoms with van der Waals surface area (Å²) in [5, 5.41) is 8.76. The number of carbonyl (C=O) groups is 1. The maximum atomic E-state index is 11.2. The van der Waals surface area contributed by atoms with Gasteiger partial charge in [0.05, 0.1) is 11.6 Å². The van der Waals surface area contributed by atoms with Gasteiger partial charge >= 0.3 is 5.91 Å². The minimum atomic E-state index is -0.502. The fourth-order valence-electron chi connectivity index (χ4n) is 1.46. The van der Waals surface area contributed by atoms with Crippen molar-refractivity contribution in [2.45, 2.75) is 6.61 Å². The summed E-state index contributed by atoms with van der Waals surface area (Å²) in [5.41, 5.74) is 2.49. The van der Waals surface area contributed by atoms with Crippen LogP contribution < -0.4 is 16.0 Å². The zero-order valence-corrected chi connectivity index (χ0v) is 9.92. The Kier molecular flexibility index (Phi) is 3.81. The topological polar surface area (TPSA) is 101 Å². The van der Waals surface area contributed by atoms with Crippen molar-refractivity contribution >= 4 is 5.91 Å². The molecule has 0 aliphatic carbocycles. The Labute approximate surface area is 109 Å². The van der Waals surface area contributed by atoms with Crippen LogP contribution in [0, 0.1) is 11.3 Å². The van der Waals surface area contributed by atoms with Crippen LogP contribution in [-0.4, -0.2) is 5.91 Å². The van der Waals surface area contributed by atoms with Crippen LogP contribution in [0.15, 0.2) is 40.8 Å². The summed E-state index contributed by atoms with van der Waals surface area (Å²) in [6, 6.07) is 11.9. The molecule has 0 aliphatic heterocycles. The van der Waals surface area contributed by atoms with Gasteiger partial charge in [0, 0.05) is 0 Å². The van der Waals surface area contributed by atoms with Crippen molar-refractivity contribution in [2.75, 3.05) is 0 Å². The molecule has 0 spiro atoms. The molecule has 1 amide bonds. The minimum absolute atomic E-state index is 0.117. The van der Waals surface area contributed by atoms with Gasteiger partial charge in [0.15, 0.2) is 5.76 Å². The van der Waals surface area contributed by atoms with Crippen molar-refractivity contribution in [3.8, 4) is 11.8 Å². The molecule has 0 bridgehead atoms. The molecule has 3 N–H and O–H groups in total. The van der Waals surface area contributed by atoms with Gasteiger partial charge in [-0.3, -0.25) is 10.2 Å². The number of nitrogens with one attached hydrogen (secondary N) is 1. The van der Waals surface area contributed by atoms with Crippen LogP contribution in [0.5, 0.6) is 5.75 Å². The molecule has 0 aliphatic rings. The van der Waals surface area contributed by atoms with E-state index in [1.54, 1.807) is 30.3 Å². The highest BCUT2D eigenvalue weighted by Gasteiger charge is 2.09. The lowest BCUT2D eigenvalue weighted by atomic mass is 10.2. The molecule has 2 aromatic rings. The number of nitriles is 1. The van der Waals surface area contributed by atoms with E-state index in [1.165, 1.54) is 6.07 Å². The molecule has 19 heavy (non-hydrogen) atoms. The second kappa shape index (κ2) is 5.71. The molecule has 96 valence electrons. The van der Waals surface area contributed by atoms with E-state index in [9.17, 15) is 4.79 Å². The first-order valence-corrected chi connectivity index (χ1v) is 5.45. The van der Waals surface area contributed by atoms with E-state index in [0.29, 0.717) is 17.1 Å². The van der Waals surface area contributed by atoms with Crippen molar-refractivity contribution in [1.82, 2.24) is 5.43 Å². The number of rotatable bonds is 4. The number of carbonyl (C=O) groups excluding carboxylic acids is 1. The van der Waals surface area contributed by atoms with Gasteiger partial charge in [-0.05, 0) is 30.3 Å². The van der Waals surface area contributed by atoms with E-state index in [2.05, 4.69) is 0 Å². The fourth-order valence-corrected chi connectivity index (χ4v) is 1.46. The molecule has 6 heteroatoms. The molecule has 6 nitrogen and oxygen atoms in total. The molecule has 0 fully saturated rings. The molecule has 0 saturated carbocycles. The molecule has 0 radical (unpaired) electrons. The average Bonchev–Trinajstić information content (AvgIpc) is 2.93. The third kappa shape index (κ3) is 3.12. The zero-order valence-electron chi connectivity index (χ0n) is 9.92. The first-order valence-electron chi connectivity index (χ1n) is 5.45. The smallest absolute Gasteiger partial charge is 0.300 e. The molecule has 0 atom stereocenters. The maximum Gasteiger partial charge on any atom is 0.300 e. The lowest BCUT2D eigenvalue weighted by Crippen LogP contribution is -2.29. The van der Waals surface area contributed by atoms with Crippen molar-refractivity contribution in [1.29, 1.82) is 5.26 Å². The third-order valence-electron chi connectivity index (χ3n) is 2.36. The quantitative estimate of drug-likeness (QED) is 0.489. The first kappa shape index (κ1) is 12.7. The van der Waals surface area contributed by atoms with Gasteiger partial charge in [0.1, 0.15) is 18.1 Å². The van der Waals surface area contributed by atoms with E-state index in [0.717, 1.165) is 0 Å². The second-order valence-corrected chi connectivity index (χ2v) is 3.67. The van der Waals surface area contributed by atoms with Crippen LogP contribution in [0.4, 0.5) is 0 Å². The van der Waals surface area contributed by atoms with Gasteiger partial charge in [0.2, 0.25) is 0 Å². The Bertz CT molecular complexity index is 628. The number of nitrogens with two attached hydrogens (primary N) is 1. The van der Waals surface area contributed by atoms with E-state index in [4.69, 9.17) is 20.3 Å². The van der Waals surface area contributed by atoms with Crippen LogP contribution in [-0.2, 0) is 6.61 Å². The summed E-state index contributed by atoms with van der Waals surface area (Å²) in [7, 11) is 0. The predicted octanol–water partition coefficient (Wildman–Crippen LogP) is 1.33. The highest BCUT2D eigenvalue weighted by molar-refractivity contribution is 5.90. The number of nitrogen functional groups attached to an aromatic ring is 1. The van der Waals surface area contributed by atoms with Gasteiger partial charge < -0.3 is 9.15 Å². The SMILES string of the molecule is N#Cc1cccc(OCc2ccc(C(=O)NN)o2)c1. The van der Waals surface area contributed by atoms with Gasteiger partial charge in [0.25, 0.3) is 0 Å². The average molecular weight is 257 g/mol. The zero-order chi connectivity index (χ0) is 13.7. The summed E-state index contributed by atoms with van der Waals surface area (Å²) < 4.78 is 10.7.